The monoisotopic (exact) mass is 380 g/mol. The van der Waals surface area contributed by atoms with Crippen LogP contribution in [0.1, 0.15) is 57.9 Å². The SMILES string of the molecule is CC(C)CCN1CCC(n2cc(C(C)O)nn2)CC1.O=C(O)C(F)(F)F. The molecule has 0 radical (unpaired) electrons. The Morgan fingerprint density at radius 3 is 2.23 bits per heavy atom. The summed E-state index contributed by atoms with van der Waals surface area (Å²) in [6, 6.07) is 0.440. The van der Waals surface area contributed by atoms with E-state index in [2.05, 4.69) is 29.1 Å². The quantitative estimate of drug-likeness (QED) is 0.816. The Balaban J connectivity index is 0.000000412. The fraction of sp³-hybridized carbons (Fsp3) is 0.812. The first-order valence-electron chi connectivity index (χ1n) is 8.63. The summed E-state index contributed by atoms with van der Waals surface area (Å²) in [4.78, 5) is 11.4. The van der Waals surface area contributed by atoms with Gasteiger partial charge in [0.15, 0.2) is 0 Å². The number of hydrogen-bond donors (Lipinski definition) is 2. The summed E-state index contributed by atoms with van der Waals surface area (Å²) < 4.78 is 33.7. The van der Waals surface area contributed by atoms with Gasteiger partial charge in [0.2, 0.25) is 0 Å². The highest BCUT2D eigenvalue weighted by molar-refractivity contribution is 5.73. The summed E-state index contributed by atoms with van der Waals surface area (Å²) in [7, 11) is 0. The molecule has 1 aromatic rings. The third-order valence-electron chi connectivity index (χ3n) is 4.15. The lowest BCUT2D eigenvalue weighted by atomic mass is 10.0. The lowest BCUT2D eigenvalue weighted by Gasteiger charge is -2.32. The number of piperidine rings is 1. The Morgan fingerprint density at radius 1 is 1.31 bits per heavy atom. The molecule has 2 N–H and O–H groups in total. The van der Waals surface area contributed by atoms with Gasteiger partial charge in [-0.05, 0) is 38.6 Å². The molecule has 0 spiro atoms. The molecule has 2 rings (SSSR count). The van der Waals surface area contributed by atoms with Crippen molar-refractivity contribution >= 4 is 5.97 Å². The first kappa shape index (κ1) is 22.4. The van der Waals surface area contributed by atoms with Gasteiger partial charge in [0, 0.05) is 13.1 Å². The van der Waals surface area contributed by atoms with Gasteiger partial charge in [-0.15, -0.1) is 5.10 Å². The number of halogens is 3. The number of aliphatic hydroxyl groups excluding tert-OH is 1. The molecule has 0 aliphatic carbocycles. The van der Waals surface area contributed by atoms with Crippen LogP contribution in [0.5, 0.6) is 0 Å². The molecule has 0 saturated carbocycles. The van der Waals surface area contributed by atoms with E-state index in [0.717, 1.165) is 31.8 Å². The average molecular weight is 380 g/mol. The summed E-state index contributed by atoms with van der Waals surface area (Å²) >= 11 is 0. The van der Waals surface area contributed by atoms with E-state index >= 15 is 0 Å². The van der Waals surface area contributed by atoms with Crippen LogP contribution < -0.4 is 0 Å². The molecular weight excluding hydrogens is 353 g/mol. The van der Waals surface area contributed by atoms with Gasteiger partial charge in [0.25, 0.3) is 0 Å². The molecule has 1 atom stereocenters. The zero-order valence-corrected chi connectivity index (χ0v) is 15.3. The second-order valence-electron chi connectivity index (χ2n) is 6.86. The normalized spacial score (nSPS) is 17.7. The highest BCUT2D eigenvalue weighted by Crippen LogP contribution is 2.23. The molecule has 1 aromatic heterocycles. The van der Waals surface area contributed by atoms with Crippen LogP contribution in [0.25, 0.3) is 0 Å². The molecule has 150 valence electrons. The van der Waals surface area contributed by atoms with Gasteiger partial charge in [0.1, 0.15) is 5.69 Å². The standard InChI is InChI=1S/C14H26N4O.C2HF3O2/c1-11(2)4-7-17-8-5-13(6-9-17)18-10-14(12(3)19)15-16-18;3-2(4,5)1(6)7/h10-13,19H,4-9H2,1-3H3;(H,6,7). The van der Waals surface area contributed by atoms with Crippen LogP contribution in [0, 0.1) is 5.92 Å². The second-order valence-corrected chi connectivity index (χ2v) is 6.86. The molecular formula is C16H27F3N4O3. The number of carboxylic acids is 1. The van der Waals surface area contributed by atoms with Crippen molar-refractivity contribution in [2.24, 2.45) is 5.92 Å². The summed E-state index contributed by atoms with van der Waals surface area (Å²) in [6.07, 6.45) is -0.194. The van der Waals surface area contributed by atoms with Crippen molar-refractivity contribution in [3.8, 4) is 0 Å². The molecule has 1 saturated heterocycles. The fourth-order valence-corrected chi connectivity index (χ4v) is 2.51. The van der Waals surface area contributed by atoms with Crippen LogP contribution in [-0.2, 0) is 4.79 Å². The fourth-order valence-electron chi connectivity index (χ4n) is 2.51. The van der Waals surface area contributed by atoms with Crippen molar-refractivity contribution < 1.29 is 28.2 Å². The smallest absolute Gasteiger partial charge is 0.475 e. The number of carbonyl (C=O) groups is 1. The highest BCUT2D eigenvalue weighted by Gasteiger charge is 2.38. The molecule has 1 aliphatic rings. The maximum Gasteiger partial charge on any atom is 0.490 e. The number of aliphatic hydroxyl groups is 1. The van der Waals surface area contributed by atoms with Crippen LogP contribution in [-0.4, -0.2) is 61.9 Å². The lowest BCUT2D eigenvalue weighted by molar-refractivity contribution is -0.192. The number of likely N-dealkylation sites (tertiary alicyclic amines) is 1. The minimum atomic E-state index is -5.08. The number of nitrogens with zero attached hydrogens (tertiary/aromatic N) is 4. The van der Waals surface area contributed by atoms with Gasteiger partial charge < -0.3 is 15.1 Å². The van der Waals surface area contributed by atoms with Gasteiger partial charge in [-0.3, -0.25) is 0 Å². The number of alkyl halides is 3. The van der Waals surface area contributed by atoms with Crippen molar-refractivity contribution in [1.29, 1.82) is 0 Å². The molecule has 2 heterocycles. The maximum absolute atomic E-state index is 10.6. The van der Waals surface area contributed by atoms with Gasteiger partial charge in [0.05, 0.1) is 18.3 Å². The average Bonchev–Trinajstić information content (AvgIpc) is 3.03. The largest absolute Gasteiger partial charge is 0.490 e. The predicted molar refractivity (Wildman–Crippen MR) is 88.5 cm³/mol. The first-order valence-corrected chi connectivity index (χ1v) is 8.63. The van der Waals surface area contributed by atoms with Gasteiger partial charge >= 0.3 is 12.1 Å². The first-order chi connectivity index (χ1) is 12.0. The number of aromatic nitrogens is 3. The zero-order chi connectivity index (χ0) is 19.9. The summed E-state index contributed by atoms with van der Waals surface area (Å²) in [6.45, 7) is 9.77. The molecule has 1 unspecified atom stereocenters. The Morgan fingerprint density at radius 2 is 1.85 bits per heavy atom. The van der Waals surface area contributed by atoms with E-state index in [1.54, 1.807) is 6.92 Å². The topological polar surface area (TPSA) is 91.5 Å². The Hall–Kier alpha value is -1.68. The second kappa shape index (κ2) is 9.86. The number of hydrogen-bond acceptors (Lipinski definition) is 5. The number of carboxylic acid groups (broad SMARTS) is 1. The Kier molecular flexibility index (Phi) is 8.48. The van der Waals surface area contributed by atoms with E-state index in [-0.39, 0.29) is 0 Å². The zero-order valence-electron chi connectivity index (χ0n) is 15.3. The molecule has 10 heteroatoms. The van der Waals surface area contributed by atoms with Crippen molar-refractivity contribution in [1.82, 2.24) is 19.9 Å². The highest BCUT2D eigenvalue weighted by atomic mass is 19.4. The van der Waals surface area contributed by atoms with E-state index < -0.39 is 18.2 Å². The molecule has 26 heavy (non-hydrogen) atoms. The van der Waals surface area contributed by atoms with Crippen LogP contribution >= 0.6 is 0 Å². The van der Waals surface area contributed by atoms with E-state index in [0.29, 0.717) is 11.7 Å². The molecule has 0 amide bonds. The number of rotatable bonds is 5. The van der Waals surface area contributed by atoms with Crippen LogP contribution in [0.4, 0.5) is 13.2 Å². The van der Waals surface area contributed by atoms with Gasteiger partial charge in [-0.1, -0.05) is 19.1 Å². The minimum Gasteiger partial charge on any atom is -0.475 e. The van der Waals surface area contributed by atoms with Crippen LogP contribution in [0.3, 0.4) is 0 Å². The molecule has 0 bridgehead atoms. The van der Waals surface area contributed by atoms with E-state index in [1.807, 2.05) is 10.9 Å². The van der Waals surface area contributed by atoms with Crippen molar-refractivity contribution in [3.05, 3.63) is 11.9 Å². The molecule has 1 aliphatic heterocycles. The third-order valence-corrected chi connectivity index (χ3v) is 4.15. The molecule has 1 fully saturated rings. The van der Waals surface area contributed by atoms with Crippen molar-refractivity contribution in [2.45, 2.75) is 58.4 Å². The number of aliphatic carboxylic acids is 1. The molecule has 0 aromatic carbocycles. The van der Waals surface area contributed by atoms with Crippen molar-refractivity contribution in [2.75, 3.05) is 19.6 Å². The third kappa shape index (κ3) is 7.69. The lowest BCUT2D eigenvalue weighted by Crippen LogP contribution is -2.35. The maximum atomic E-state index is 10.6. The summed E-state index contributed by atoms with van der Waals surface area (Å²) in [5.41, 5.74) is 0.669. The van der Waals surface area contributed by atoms with E-state index in [9.17, 15) is 18.3 Å². The minimum absolute atomic E-state index is 0.440. The van der Waals surface area contributed by atoms with E-state index in [4.69, 9.17) is 9.90 Å². The molecule has 7 nitrogen and oxygen atoms in total. The van der Waals surface area contributed by atoms with Crippen molar-refractivity contribution in [3.63, 3.8) is 0 Å². The van der Waals surface area contributed by atoms with Crippen LogP contribution in [0.15, 0.2) is 6.20 Å². The Labute approximate surface area is 150 Å². The Bertz CT molecular complexity index is 553. The van der Waals surface area contributed by atoms with Crippen LogP contribution in [0.2, 0.25) is 0 Å². The summed E-state index contributed by atoms with van der Waals surface area (Å²) in [5, 5.41) is 24.8. The predicted octanol–water partition coefficient (Wildman–Crippen LogP) is 2.65. The van der Waals surface area contributed by atoms with Gasteiger partial charge in [-0.25, -0.2) is 9.48 Å². The van der Waals surface area contributed by atoms with Gasteiger partial charge in [-0.2, -0.15) is 13.2 Å². The van der Waals surface area contributed by atoms with E-state index in [1.165, 1.54) is 13.0 Å². The summed E-state index contributed by atoms with van der Waals surface area (Å²) in [5.74, 6) is -1.98.